The van der Waals surface area contributed by atoms with E-state index in [9.17, 15) is 4.79 Å². The van der Waals surface area contributed by atoms with Crippen LogP contribution in [0.15, 0.2) is 47.6 Å². The normalized spacial score (nSPS) is 15.2. The lowest BCUT2D eigenvalue weighted by Gasteiger charge is -2.35. The first-order chi connectivity index (χ1) is 12.2. The number of hydrogen-bond donors (Lipinski definition) is 1. The number of carbonyl (C=O) groups excluding carboxylic acids is 1. The Morgan fingerprint density at radius 1 is 1.16 bits per heavy atom. The van der Waals surface area contributed by atoms with Gasteiger partial charge in [0.1, 0.15) is 5.03 Å². The summed E-state index contributed by atoms with van der Waals surface area (Å²) >= 11 is 1.47. The van der Waals surface area contributed by atoms with E-state index in [2.05, 4.69) is 39.2 Å². The molecule has 0 bridgehead atoms. The molecule has 0 radical (unpaired) electrons. The number of carbonyl (C=O) groups is 1. The van der Waals surface area contributed by atoms with Gasteiger partial charge in [0.05, 0.1) is 5.56 Å². The lowest BCUT2D eigenvalue weighted by molar-refractivity contribution is 0.102. The number of piperazine rings is 1. The number of amides is 1. The molecule has 0 atom stereocenters. The topological polar surface area (TPSA) is 48.5 Å². The number of hydrogen-bond acceptors (Lipinski definition) is 5. The van der Waals surface area contributed by atoms with Crippen molar-refractivity contribution in [1.82, 2.24) is 9.88 Å². The van der Waals surface area contributed by atoms with E-state index in [4.69, 9.17) is 0 Å². The molecule has 2 heterocycles. The van der Waals surface area contributed by atoms with E-state index in [1.165, 1.54) is 17.4 Å². The SMILES string of the molecule is CCN1CCN(c2ccc(NC(=O)c3cccnc3SC)cc2)CC1. The Bertz CT molecular complexity index is 712. The summed E-state index contributed by atoms with van der Waals surface area (Å²) in [6, 6.07) is 11.7. The molecule has 2 aromatic rings. The highest BCUT2D eigenvalue weighted by Gasteiger charge is 2.16. The molecule has 0 unspecified atom stereocenters. The molecule has 5 nitrogen and oxygen atoms in total. The van der Waals surface area contributed by atoms with Crippen LogP contribution in [0.4, 0.5) is 11.4 Å². The highest BCUT2D eigenvalue weighted by atomic mass is 32.2. The first-order valence-electron chi connectivity index (χ1n) is 8.59. The predicted octanol–water partition coefficient (Wildman–Crippen LogP) is 3.20. The Kier molecular flexibility index (Phi) is 5.94. The fraction of sp³-hybridized carbons (Fsp3) is 0.368. The second kappa shape index (κ2) is 8.36. The van der Waals surface area contributed by atoms with Gasteiger partial charge in [0, 0.05) is 43.8 Å². The molecular formula is C19H24N4OS. The Morgan fingerprint density at radius 2 is 1.88 bits per heavy atom. The van der Waals surface area contributed by atoms with Crippen molar-refractivity contribution in [3.05, 3.63) is 48.2 Å². The third kappa shape index (κ3) is 4.32. The lowest BCUT2D eigenvalue weighted by atomic mass is 10.2. The van der Waals surface area contributed by atoms with Crippen LogP contribution >= 0.6 is 11.8 Å². The number of benzene rings is 1. The fourth-order valence-electron chi connectivity index (χ4n) is 3.00. The third-order valence-corrected chi connectivity index (χ3v) is 5.23. The van der Waals surface area contributed by atoms with Gasteiger partial charge in [0.25, 0.3) is 5.91 Å². The lowest BCUT2D eigenvalue weighted by Crippen LogP contribution is -2.46. The minimum Gasteiger partial charge on any atom is -0.369 e. The van der Waals surface area contributed by atoms with Crippen molar-refractivity contribution in [3.8, 4) is 0 Å². The van der Waals surface area contributed by atoms with Crippen LogP contribution in [0.25, 0.3) is 0 Å². The van der Waals surface area contributed by atoms with Crippen molar-refractivity contribution < 1.29 is 4.79 Å². The molecule has 1 aromatic heterocycles. The summed E-state index contributed by atoms with van der Waals surface area (Å²) < 4.78 is 0. The van der Waals surface area contributed by atoms with Crippen molar-refractivity contribution >= 4 is 29.0 Å². The monoisotopic (exact) mass is 356 g/mol. The molecule has 3 rings (SSSR count). The Balaban J connectivity index is 1.64. The van der Waals surface area contributed by atoms with E-state index in [1.807, 2.05) is 18.4 Å². The summed E-state index contributed by atoms with van der Waals surface area (Å²) in [5.41, 5.74) is 2.62. The van der Waals surface area contributed by atoms with Gasteiger partial charge in [0.2, 0.25) is 0 Å². The van der Waals surface area contributed by atoms with Gasteiger partial charge >= 0.3 is 0 Å². The van der Waals surface area contributed by atoms with Crippen LogP contribution in [-0.4, -0.2) is 54.8 Å². The number of nitrogens with zero attached hydrogens (tertiary/aromatic N) is 3. The Hall–Kier alpha value is -2.05. The van der Waals surface area contributed by atoms with Crippen LogP contribution in [-0.2, 0) is 0 Å². The van der Waals surface area contributed by atoms with Gasteiger partial charge in [0.15, 0.2) is 0 Å². The number of rotatable bonds is 5. The van der Waals surface area contributed by atoms with Crippen LogP contribution in [0, 0.1) is 0 Å². The molecule has 1 aliphatic rings. The molecule has 1 aromatic carbocycles. The fourth-order valence-corrected chi connectivity index (χ4v) is 3.55. The van der Waals surface area contributed by atoms with Crippen LogP contribution < -0.4 is 10.2 Å². The minimum absolute atomic E-state index is 0.123. The first-order valence-corrected chi connectivity index (χ1v) is 9.81. The molecule has 132 valence electrons. The maximum atomic E-state index is 12.5. The summed E-state index contributed by atoms with van der Waals surface area (Å²) in [4.78, 5) is 21.6. The number of aromatic nitrogens is 1. The van der Waals surface area contributed by atoms with E-state index in [0.717, 1.165) is 43.4 Å². The zero-order chi connectivity index (χ0) is 17.6. The van der Waals surface area contributed by atoms with Gasteiger partial charge in [-0.3, -0.25) is 4.79 Å². The molecule has 1 amide bonds. The molecule has 1 fully saturated rings. The third-order valence-electron chi connectivity index (χ3n) is 4.52. The van der Waals surface area contributed by atoms with Crippen molar-refractivity contribution in [3.63, 3.8) is 0 Å². The first kappa shape index (κ1) is 17.8. The van der Waals surface area contributed by atoms with Gasteiger partial charge in [-0.15, -0.1) is 11.8 Å². The number of pyridine rings is 1. The van der Waals surface area contributed by atoms with Crippen molar-refractivity contribution in [2.75, 3.05) is 49.2 Å². The Labute approximate surface area is 153 Å². The second-order valence-electron chi connectivity index (χ2n) is 5.98. The number of anilines is 2. The summed E-state index contributed by atoms with van der Waals surface area (Å²) in [5.74, 6) is -0.123. The number of thioether (sulfide) groups is 1. The maximum Gasteiger partial charge on any atom is 0.258 e. The highest BCUT2D eigenvalue weighted by Crippen LogP contribution is 2.22. The minimum atomic E-state index is -0.123. The van der Waals surface area contributed by atoms with Crippen molar-refractivity contribution in [2.45, 2.75) is 11.9 Å². The quantitative estimate of drug-likeness (QED) is 0.834. The molecule has 1 saturated heterocycles. The average Bonchev–Trinajstić information content (AvgIpc) is 2.68. The van der Waals surface area contributed by atoms with Gasteiger partial charge in [-0.2, -0.15) is 0 Å². The second-order valence-corrected chi connectivity index (χ2v) is 6.78. The van der Waals surface area contributed by atoms with Crippen molar-refractivity contribution in [2.24, 2.45) is 0 Å². The summed E-state index contributed by atoms with van der Waals surface area (Å²) in [7, 11) is 0. The van der Waals surface area contributed by atoms with Gasteiger partial charge in [-0.05, 0) is 49.2 Å². The highest BCUT2D eigenvalue weighted by molar-refractivity contribution is 7.98. The van der Waals surface area contributed by atoms with Gasteiger partial charge < -0.3 is 15.1 Å². The zero-order valence-corrected chi connectivity index (χ0v) is 15.6. The van der Waals surface area contributed by atoms with E-state index >= 15 is 0 Å². The average molecular weight is 356 g/mol. The number of likely N-dealkylation sites (N-methyl/N-ethyl adjacent to an activating group) is 1. The van der Waals surface area contributed by atoms with Crippen LogP contribution in [0.3, 0.4) is 0 Å². The molecule has 6 heteroatoms. The van der Waals surface area contributed by atoms with Gasteiger partial charge in [-0.1, -0.05) is 6.92 Å². The molecule has 1 N–H and O–H groups in total. The predicted molar refractivity (Wildman–Crippen MR) is 105 cm³/mol. The van der Waals surface area contributed by atoms with E-state index in [0.29, 0.717) is 5.56 Å². The van der Waals surface area contributed by atoms with Crippen molar-refractivity contribution in [1.29, 1.82) is 0 Å². The standard InChI is InChI=1S/C19H24N4OS/c1-3-22-11-13-23(14-12-22)16-8-6-15(7-9-16)21-18(24)17-5-4-10-20-19(17)25-2/h4-10H,3,11-14H2,1-2H3,(H,21,24). The van der Waals surface area contributed by atoms with Crippen LogP contribution in [0.1, 0.15) is 17.3 Å². The van der Waals surface area contributed by atoms with E-state index < -0.39 is 0 Å². The Morgan fingerprint density at radius 3 is 2.52 bits per heavy atom. The molecule has 0 saturated carbocycles. The molecule has 0 spiro atoms. The molecule has 25 heavy (non-hydrogen) atoms. The molecule has 1 aliphatic heterocycles. The summed E-state index contributed by atoms with van der Waals surface area (Å²) in [6.07, 6.45) is 3.63. The maximum absolute atomic E-state index is 12.5. The number of nitrogens with one attached hydrogen (secondary N) is 1. The van der Waals surface area contributed by atoms with Crippen LogP contribution in [0.2, 0.25) is 0 Å². The largest absolute Gasteiger partial charge is 0.369 e. The molecular weight excluding hydrogens is 332 g/mol. The summed E-state index contributed by atoms with van der Waals surface area (Å²) in [5, 5.41) is 3.70. The van der Waals surface area contributed by atoms with Crippen LogP contribution in [0.5, 0.6) is 0 Å². The van der Waals surface area contributed by atoms with Gasteiger partial charge in [-0.25, -0.2) is 4.98 Å². The smallest absolute Gasteiger partial charge is 0.258 e. The summed E-state index contributed by atoms with van der Waals surface area (Å²) in [6.45, 7) is 7.63. The molecule has 0 aliphatic carbocycles. The van der Waals surface area contributed by atoms with E-state index in [1.54, 1.807) is 18.3 Å². The zero-order valence-electron chi connectivity index (χ0n) is 14.7. The van der Waals surface area contributed by atoms with E-state index in [-0.39, 0.29) is 5.91 Å².